The van der Waals surface area contributed by atoms with Gasteiger partial charge in [0.2, 0.25) is 15.9 Å². The molecule has 0 bridgehead atoms. The Labute approximate surface area is 168 Å². The molecule has 3 heterocycles. The number of nitrogens with one attached hydrogen (secondary N) is 1. The maximum Gasteiger partial charge on any atom is 0.252 e. The molecule has 0 aromatic carbocycles. The van der Waals surface area contributed by atoms with Crippen LogP contribution in [0.2, 0.25) is 0 Å². The van der Waals surface area contributed by atoms with Gasteiger partial charge in [0.15, 0.2) is 0 Å². The summed E-state index contributed by atoms with van der Waals surface area (Å²) in [6, 6.07) is 6.18. The van der Waals surface area contributed by atoms with Crippen LogP contribution >= 0.6 is 11.3 Å². The molecule has 9 nitrogen and oxygen atoms in total. The van der Waals surface area contributed by atoms with E-state index in [1.165, 1.54) is 28.8 Å². The third kappa shape index (κ3) is 4.75. The Morgan fingerprint density at radius 2 is 1.86 bits per heavy atom. The molecule has 0 aliphatic carbocycles. The summed E-state index contributed by atoms with van der Waals surface area (Å²) in [5.74, 6) is -0.220. The number of rotatable bonds is 7. The van der Waals surface area contributed by atoms with Gasteiger partial charge in [-0.15, -0.1) is 11.3 Å². The third-order valence-corrected chi connectivity index (χ3v) is 8.97. The van der Waals surface area contributed by atoms with Gasteiger partial charge in [-0.2, -0.15) is 4.31 Å². The van der Waals surface area contributed by atoms with E-state index in [1.54, 1.807) is 22.4 Å². The highest BCUT2D eigenvalue weighted by molar-refractivity contribution is 7.91. The van der Waals surface area contributed by atoms with Crippen LogP contribution in [-0.2, 0) is 24.8 Å². The van der Waals surface area contributed by atoms with Gasteiger partial charge in [-0.3, -0.25) is 9.78 Å². The maximum absolute atomic E-state index is 12.5. The largest absolute Gasteiger partial charge is 0.340 e. The molecule has 3 rings (SSSR count). The van der Waals surface area contributed by atoms with Crippen LogP contribution in [0.3, 0.4) is 0 Å². The van der Waals surface area contributed by atoms with Gasteiger partial charge in [0.25, 0.3) is 10.0 Å². The molecular formula is C16H20N4O5S3. The van der Waals surface area contributed by atoms with E-state index in [2.05, 4.69) is 9.71 Å². The molecule has 1 amide bonds. The predicted octanol–water partition coefficient (Wildman–Crippen LogP) is 0.345. The highest BCUT2D eigenvalue weighted by Gasteiger charge is 2.30. The molecule has 0 unspecified atom stereocenters. The molecule has 12 heteroatoms. The SMILES string of the molecule is O=C(CCNS(=O)(=O)c1cccnc1)N1CCN(S(=O)(=O)c2cccs2)CC1. The number of amides is 1. The molecule has 1 fully saturated rings. The van der Waals surface area contributed by atoms with Gasteiger partial charge < -0.3 is 4.90 Å². The van der Waals surface area contributed by atoms with E-state index in [0.717, 1.165) is 11.3 Å². The molecule has 0 saturated carbocycles. The lowest BCUT2D eigenvalue weighted by Crippen LogP contribution is -2.50. The summed E-state index contributed by atoms with van der Waals surface area (Å²) in [4.78, 5) is 17.7. The first kappa shape index (κ1) is 20.9. The molecule has 152 valence electrons. The van der Waals surface area contributed by atoms with Crippen LogP contribution in [-0.4, -0.2) is 69.7 Å². The van der Waals surface area contributed by atoms with Crippen molar-refractivity contribution in [2.45, 2.75) is 15.5 Å². The topological polar surface area (TPSA) is 117 Å². The normalized spacial score (nSPS) is 16.2. The van der Waals surface area contributed by atoms with E-state index < -0.39 is 20.0 Å². The van der Waals surface area contributed by atoms with Gasteiger partial charge in [0, 0.05) is 51.5 Å². The Morgan fingerprint density at radius 3 is 2.46 bits per heavy atom. The number of pyridine rings is 1. The summed E-state index contributed by atoms with van der Waals surface area (Å²) in [5, 5.41) is 1.71. The van der Waals surface area contributed by atoms with Crippen molar-refractivity contribution in [3.8, 4) is 0 Å². The van der Waals surface area contributed by atoms with E-state index in [1.807, 2.05) is 0 Å². The molecule has 28 heavy (non-hydrogen) atoms. The third-order valence-electron chi connectivity index (χ3n) is 4.26. The van der Waals surface area contributed by atoms with E-state index >= 15 is 0 Å². The average molecular weight is 445 g/mol. The van der Waals surface area contributed by atoms with E-state index in [0.29, 0.717) is 0 Å². The lowest BCUT2D eigenvalue weighted by Gasteiger charge is -2.33. The zero-order chi connectivity index (χ0) is 20.2. The molecule has 0 spiro atoms. The molecule has 1 saturated heterocycles. The standard InChI is InChI=1S/C16H20N4O5S3/c21-15(5-7-18-27(22,23)14-3-1-6-17-13-14)19-8-10-20(11-9-19)28(24,25)16-4-2-12-26-16/h1-4,6,12-13,18H,5,7-11H2. The van der Waals surface area contributed by atoms with E-state index in [-0.39, 0.29) is 54.2 Å². The van der Waals surface area contributed by atoms with E-state index in [4.69, 9.17) is 0 Å². The number of aromatic nitrogens is 1. The number of nitrogens with zero attached hydrogens (tertiary/aromatic N) is 3. The van der Waals surface area contributed by atoms with Crippen molar-refractivity contribution in [2.24, 2.45) is 0 Å². The monoisotopic (exact) mass is 444 g/mol. The Morgan fingerprint density at radius 1 is 1.11 bits per heavy atom. The van der Waals surface area contributed by atoms with Crippen molar-refractivity contribution in [1.82, 2.24) is 18.9 Å². The predicted molar refractivity (Wildman–Crippen MR) is 104 cm³/mol. The molecule has 2 aromatic heterocycles. The molecule has 2 aromatic rings. The zero-order valence-corrected chi connectivity index (χ0v) is 17.3. The van der Waals surface area contributed by atoms with Crippen LogP contribution in [0, 0.1) is 0 Å². The van der Waals surface area contributed by atoms with Crippen LogP contribution in [0.15, 0.2) is 51.1 Å². The van der Waals surface area contributed by atoms with E-state index in [9.17, 15) is 21.6 Å². The highest BCUT2D eigenvalue weighted by Crippen LogP contribution is 2.22. The fourth-order valence-corrected chi connectivity index (χ4v) is 6.32. The fourth-order valence-electron chi connectivity index (χ4n) is 2.76. The Balaban J connectivity index is 1.48. The zero-order valence-electron chi connectivity index (χ0n) is 14.9. The first-order valence-electron chi connectivity index (χ1n) is 8.52. The Bertz CT molecular complexity index is 1000. The first-order chi connectivity index (χ1) is 13.3. The molecule has 0 atom stereocenters. The second-order valence-corrected chi connectivity index (χ2v) is 10.9. The summed E-state index contributed by atoms with van der Waals surface area (Å²) in [6.07, 6.45) is 2.70. The number of carbonyl (C=O) groups is 1. The molecule has 0 radical (unpaired) electrons. The number of sulfonamides is 2. The minimum Gasteiger partial charge on any atom is -0.340 e. The second-order valence-electron chi connectivity index (χ2n) is 6.05. The summed E-state index contributed by atoms with van der Waals surface area (Å²) < 4.78 is 53.2. The number of piperazine rings is 1. The van der Waals surface area contributed by atoms with Crippen molar-refractivity contribution in [3.63, 3.8) is 0 Å². The number of hydrogen-bond donors (Lipinski definition) is 1. The minimum atomic E-state index is -3.71. The van der Waals surface area contributed by atoms with Gasteiger partial charge in [-0.05, 0) is 23.6 Å². The minimum absolute atomic E-state index is 0.00281. The maximum atomic E-state index is 12.5. The molecule has 1 aliphatic rings. The smallest absolute Gasteiger partial charge is 0.252 e. The van der Waals surface area contributed by atoms with Crippen LogP contribution in [0.4, 0.5) is 0 Å². The van der Waals surface area contributed by atoms with Crippen LogP contribution in [0.1, 0.15) is 6.42 Å². The van der Waals surface area contributed by atoms with Crippen molar-refractivity contribution in [1.29, 1.82) is 0 Å². The van der Waals surface area contributed by atoms with Crippen molar-refractivity contribution < 1.29 is 21.6 Å². The van der Waals surface area contributed by atoms with Crippen LogP contribution in [0.25, 0.3) is 0 Å². The van der Waals surface area contributed by atoms with Gasteiger partial charge in [0.05, 0.1) is 0 Å². The number of carbonyl (C=O) groups excluding carboxylic acids is 1. The van der Waals surface area contributed by atoms with Gasteiger partial charge >= 0.3 is 0 Å². The summed E-state index contributed by atoms with van der Waals surface area (Å²) >= 11 is 1.16. The fraction of sp³-hybridized carbons (Fsp3) is 0.375. The second kappa shape index (κ2) is 8.66. The van der Waals surface area contributed by atoms with Crippen molar-refractivity contribution in [2.75, 3.05) is 32.7 Å². The molecule has 1 N–H and O–H groups in total. The lowest BCUT2D eigenvalue weighted by molar-refractivity contribution is -0.132. The van der Waals surface area contributed by atoms with Crippen LogP contribution in [0.5, 0.6) is 0 Å². The average Bonchev–Trinajstić information content (AvgIpc) is 3.24. The highest BCUT2D eigenvalue weighted by atomic mass is 32.2. The van der Waals surface area contributed by atoms with Crippen LogP contribution < -0.4 is 4.72 Å². The molecular weight excluding hydrogens is 424 g/mol. The quantitative estimate of drug-likeness (QED) is 0.658. The Kier molecular flexibility index (Phi) is 6.45. The van der Waals surface area contributed by atoms with Gasteiger partial charge in [-0.1, -0.05) is 6.07 Å². The van der Waals surface area contributed by atoms with Crippen molar-refractivity contribution >= 4 is 37.3 Å². The van der Waals surface area contributed by atoms with Crippen molar-refractivity contribution in [3.05, 3.63) is 42.0 Å². The van der Waals surface area contributed by atoms with Gasteiger partial charge in [0.1, 0.15) is 9.10 Å². The Hall–Kier alpha value is -1.86. The summed E-state index contributed by atoms with van der Waals surface area (Å²) in [6.45, 7) is 0.947. The lowest BCUT2D eigenvalue weighted by atomic mass is 10.3. The summed E-state index contributed by atoms with van der Waals surface area (Å²) in [5.41, 5.74) is 0. The first-order valence-corrected chi connectivity index (χ1v) is 12.3. The number of hydrogen-bond acceptors (Lipinski definition) is 7. The summed E-state index contributed by atoms with van der Waals surface area (Å²) in [7, 11) is -7.23. The molecule has 1 aliphatic heterocycles. The van der Waals surface area contributed by atoms with Gasteiger partial charge in [-0.25, -0.2) is 21.6 Å². The number of thiophene rings is 1.